The Kier molecular flexibility index (Phi) is 15500. The summed E-state index contributed by atoms with van der Waals surface area (Å²) in [6.45, 7) is 0. The van der Waals surface area contributed by atoms with Crippen molar-refractivity contribution in [3.8, 4) is 0 Å². The van der Waals surface area contributed by atoms with Crippen molar-refractivity contribution in [3.63, 3.8) is 0 Å². The van der Waals surface area contributed by atoms with E-state index in [4.69, 9.17) is 0 Å². The van der Waals surface area contributed by atoms with Crippen LogP contribution >= 0.6 is 0 Å². The van der Waals surface area contributed by atoms with Crippen LogP contribution in [0.15, 0.2) is 0 Å². The van der Waals surface area contributed by atoms with Crippen LogP contribution < -0.4 is 0 Å². The minimum atomic E-state index is 0. The first-order valence-electron chi connectivity index (χ1n) is 0. The van der Waals surface area contributed by atoms with Crippen LogP contribution in [0.5, 0.6) is 0 Å². The van der Waals surface area contributed by atoms with E-state index in [1.165, 1.54) is 0 Å². The molecule has 0 aromatic heterocycles. The van der Waals surface area contributed by atoms with Gasteiger partial charge in [0.05, 0.1) is 0 Å². The maximum absolute atomic E-state index is 0. The molecule has 0 radical (unpaired) electrons. The first kappa shape index (κ1) is 540. The van der Waals surface area contributed by atoms with Gasteiger partial charge < -0.3 is 65.7 Å². The van der Waals surface area contributed by atoms with Crippen LogP contribution in [0.25, 0.3) is 0 Å². The molecule has 0 amide bonds. The molecule has 24 N–H and O–H groups in total. The molecule has 0 bridgehead atoms. The Morgan fingerprint density at radius 1 is 0.125 bits per heavy atom. The summed E-state index contributed by atoms with van der Waals surface area (Å²) in [6.07, 6.45) is 0. The van der Waals surface area contributed by atoms with Gasteiger partial charge in [0.25, 0.3) is 0 Å². The van der Waals surface area contributed by atoms with Gasteiger partial charge in [-0.1, -0.05) is 0 Å². The van der Waals surface area contributed by atoms with Gasteiger partial charge in [-0.05, 0) is 0 Å². The van der Waals surface area contributed by atoms with Gasteiger partial charge in [-0.25, -0.2) is 0 Å². The number of rotatable bonds is 0. The zero-order valence-corrected chi connectivity index (χ0v) is 6.00. The van der Waals surface area contributed by atoms with Crippen molar-refractivity contribution < 1.29 is 65.7 Å². The second-order valence-electron chi connectivity index (χ2n) is 0. The minimum absolute atomic E-state index is 0. The summed E-state index contributed by atoms with van der Waals surface area (Å²) in [5, 5.41) is 0. The Morgan fingerprint density at radius 2 is 0.125 bits per heavy atom. The predicted octanol–water partition coefficient (Wildman–Crippen LogP) is -12.5. The molecule has 0 saturated heterocycles. The summed E-state index contributed by atoms with van der Waals surface area (Å²) in [7, 11) is 0. The maximum atomic E-state index is 0. The van der Waals surface area contributed by atoms with Crippen molar-refractivity contribution in [3.05, 3.63) is 0 Å². The van der Waals surface area contributed by atoms with E-state index in [1.807, 2.05) is 0 Å². The first-order chi connectivity index (χ1) is 0. The molecule has 0 unspecified atom stereocenters. The monoisotopic (exact) mass is 312 g/mol. The first-order valence-corrected chi connectivity index (χ1v) is 0. The average molecular weight is 312 g/mol. The van der Waals surface area contributed by atoms with Crippen molar-refractivity contribution in [2.24, 2.45) is 0 Å². The molecule has 0 rings (SSSR count). The van der Waals surface area contributed by atoms with Crippen LogP contribution in [0.1, 0.15) is 0 Å². The van der Waals surface area contributed by atoms with Gasteiger partial charge in [0, 0.05) is 0 Å². The molecule has 0 spiro atoms. The topological polar surface area (TPSA) is 378 Å². The molecule has 0 aromatic carbocycles. The standard InChI is InChI=1S/4Na.12H2O.4H/h;;;;12*1H2;;;;. The molecule has 12 nitrogen and oxygen atoms in total. The van der Waals surface area contributed by atoms with Gasteiger partial charge in [0.1, 0.15) is 0 Å². The Bertz CT molecular complexity index is 13.0. The van der Waals surface area contributed by atoms with Crippen LogP contribution in [0, 0.1) is 0 Å². The molecule has 0 aliphatic rings. The number of hydrogen-bond donors (Lipinski definition) is 0. The van der Waals surface area contributed by atoms with Crippen LogP contribution in [0.3, 0.4) is 0 Å². The fourth-order valence-corrected chi connectivity index (χ4v) is 0. The molecule has 0 atom stereocenters. The molecule has 16 heteroatoms. The van der Waals surface area contributed by atoms with Crippen LogP contribution in [-0.4, -0.2) is 184 Å². The number of hydrogen-bond acceptors (Lipinski definition) is 0. The summed E-state index contributed by atoms with van der Waals surface area (Å²) in [4.78, 5) is 0. The quantitative estimate of drug-likeness (QED) is 0.375. The second-order valence-corrected chi connectivity index (χ2v) is 0. The van der Waals surface area contributed by atoms with Gasteiger partial charge >= 0.3 is 118 Å². The average Bonchev–Trinajstić information content (AvgIpc) is 0. The van der Waals surface area contributed by atoms with E-state index in [-0.39, 0.29) is 184 Å². The fourth-order valence-electron chi connectivity index (χ4n) is 0. The summed E-state index contributed by atoms with van der Waals surface area (Å²) in [6, 6.07) is 0. The van der Waals surface area contributed by atoms with E-state index >= 15 is 0 Å². The third kappa shape index (κ3) is 386. The van der Waals surface area contributed by atoms with E-state index in [0.717, 1.165) is 0 Å². The third-order valence-corrected chi connectivity index (χ3v) is 0. The third-order valence-electron chi connectivity index (χ3n) is 0. The van der Waals surface area contributed by atoms with Crippen LogP contribution in [-0.2, 0) is 0 Å². The normalized spacial score (nSPS) is 0. The SMILES string of the molecule is O.O.O.O.O.O.O.O.O.O.O.O.[NaH].[NaH].[NaH].[NaH]. The van der Waals surface area contributed by atoms with E-state index in [0.29, 0.717) is 0 Å². The van der Waals surface area contributed by atoms with Crippen molar-refractivity contribution in [2.75, 3.05) is 0 Å². The van der Waals surface area contributed by atoms with Crippen LogP contribution in [0.4, 0.5) is 0 Å². The fraction of sp³-hybridized carbons (Fsp3) is 0. The Balaban J connectivity index is 0. The summed E-state index contributed by atoms with van der Waals surface area (Å²) >= 11 is 0. The second kappa shape index (κ2) is 459. The summed E-state index contributed by atoms with van der Waals surface area (Å²) in [5.41, 5.74) is 0. The Labute approximate surface area is 181 Å². The molecular weight excluding hydrogens is 284 g/mol. The molecule has 0 saturated carbocycles. The Morgan fingerprint density at radius 3 is 0.125 bits per heavy atom. The molecule has 0 fully saturated rings. The van der Waals surface area contributed by atoms with Gasteiger partial charge in [-0.15, -0.1) is 0 Å². The van der Waals surface area contributed by atoms with Crippen molar-refractivity contribution >= 4 is 118 Å². The van der Waals surface area contributed by atoms with Gasteiger partial charge in [-0.2, -0.15) is 0 Å². The molecule has 0 heterocycles. The molecule has 0 aliphatic heterocycles. The molecule has 104 valence electrons. The molecular formula is H28Na4O12. The van der Waals surface area contributed by atoms with E-state index in [2.05, 4.69) is 0 Å². The van der Waals surface area contributed by atoms with Gasteiger partial charge in [0.15, 0.2) is 0 Å². The zero-order valence-electron chi connectivity index (χ0n) is 6.00. The summed E-state index contributed by atoms with van der Waals surface area (Å²) in [5.74, 6) is 0. The zero-order chi connectivity index (χ0) is 0. The van der Waals surface area contributed by atoms with E-state index in [9.17, 15) is 0 Å². The molecule has 0 aliphatic carbocycles. The van der Waals surface area contributed by atoms with Gasteiger partial charge in [0.2, 0.25) is 0 Å². The van der Waals surface area contributed by atoms with Crippen LogP contribution in [0.2, 0.25) is 0 Å². The summed E-state index contributed by atoms with van der Waals surface area (Å²) < 4.78 is 0. The molecule has 0 aromatic rings. The van der Waals surface area contributed by atoms with Crippen molar-refractivity contribution in [1.82, 2.24) is 0 Å². The molecule has 16 heavy (non-hydrogen) atoms. The van der Waals surface area contributed by atoms with E-state index in [1.54, 1.807) is 0 Å². The van der Waals surface area contributed by atoms with E-state index < -0.39 is 0 Å². The van der Waals surface area contributed by atoms with Crippen molar-refractivity contribution in [2.45, 2.75) is 0 Å². The predicted molar refractivity (Wildman–Crippen MR) is 72.0 cm³/mol. The van der Waals surface area contributed by atoms with Gasteiger partial charge in [-0.3, -0.25) is 0 Å². The van der Waals surface area contributed by atoms with Crippen molar-refractivity contribution in [1.29, 1.82) is 0 Å². The Hall–Kier alpha value is 3.52.